The van der Waals surface area contributed by atoms with E-state index >= 15 is 0 Å². The van der Waals surface area contributed by atoms with Gasteiger partial charge in [-0.3, -0.25) is 4.79 Å². The SMILES string of the molecule is CNCC(=O)N1CCOc2cc(F)ccc21.Cl. The smallest absolute Gasteiger partial charge is 0.241 e. The highest BCUT2D eigenvalue weighted by molar-refractivity contribution is 5.96. The molecule has 2 rings (SSSR count). The molecule has 1 N–H and O–H groups in total. The number of likely N-dealkylation sites (N-methyl/N-ethyl adjacent to an activating group) is 1. The predicted octanol–water partition coefficient (Wildman–Crippen LogP) is 1.19. The first-order valence-corrected chi connectivity index (χ1v) is 5.09. The Labute approximate surface area is 105 Å². The van der Waals surface area contributed by atoms with Gasteiger partial charge in [0.25, 0.3) is 0 Å². The molecule has 1 amide bonds. The molecule has 0 unspecified atom stereocenters. The van der Waals surface area contributed by atoms with Gasteiger partial charge in [0.2, 0.25) is 5.91 Å². The number of benzene rings is 1. The predicted molar refractivity (Wildman–Crippen MR) is 65.4 cm³/mol. The molecule has 0 bridgehead atoms. The lowest BCUT2D eigenvalue weighted by atomic mass is 10.2. The van der Waals surface area contributed by atoms with E-state index < -0.39 is 0 Å². The molecule has 0 saturated heterocycles. The minimum Gasteiger partial charge on any atom is -0.489 e. The maximum atomic E-state index is 13.0. The summed E-state index contributed by atoms with van der Waals surface area (Å²) >= 11 is 0. The molecule has 4 nitrogen and oxygen atoms in total. The van der Waals surface area contributed by atoms with Gasteiger partial charge in [0.15, 0.2) is 0 Å². The number of amides is 1. The zero-order valence-electron chi connectivity index (χ0n) is 9.40. The highest BCUT2D eigenvalue weighted by Gasteiger charge is 2.23. The summed E-state index contributed by atoms with van der Waals surface area (Å²) in [7, 11) is 1.71. The number of fused-ring (bicyclic) bond motifs is 1. The molecule has 94 valence electrons. The Balaban J connectivity index is 0.00000144. The fourth-order valence-corrected chi connectivity index (χ4v) is 1.70. The van der Waals surface area contributed by atoms with Crippen LogP contribution >= 0.6 is 12.4 Å². The number of ether oxygens (including phenoxy) is 1. The highest BCUT2D eigenvalue weighted by Crippen LogP contribution is 2.31. The summed E-state index contributed by atoms with van der Waals surface area (Å²) in [4.78, 5) is 13.4. The number of nitrogens with zero attached hydrogens (tertiary/aromatic N) is 1. The first-order chi connectivity index (χ1) is 7.72. The number of anilines is 1. The molecular formula is C11H14ClFN2O2. The topological polar surface area (TPSA) is 41.6 Å². The Morgan fingerprint density at radius 1 is 1.59 bits per heavy atom. The van der Waals surface area contributed by atoms with Gasteiger partial charge in [0.1, 0.15) is 18.2 Å². The Bertz CT molecular complexity index is 414. The van der Waals surface area contributed by atoms with Gasteiger partial charge in [0, 0.05) is 6.07 Å². The van der Waals surface area contributed by atoms with Gasteiger partial charge in [-0.05, 0) is 19.2 Å². The minimum atomic E-state index is -0.360. The van der Waals surface area contributed by atoms with Gasteiger partial charge in [-0.2, -0.15) is 0 Å². The Kier molecular flexibility index (Phi) is 4.72. The van der Waals surface area contributed by atoms with E-state index in [0.29, 0.717) is 24.6 Å². The molecule has 1 aliphatic heterocycles. The summed E-state index contributed by atoms with van der Waals surface area (Å²) in [6.45, 7) is 1.15. The van der Waals surface area contributed by atoms with E-state index in [2.05, 4.69) is 5.32 Å². The lowest BCUT2D eigenvalue weighted by Crippen LogP contribution is -2.42. The molecule has 0 atom stereocenters. The molecule has 17 heavy (non-hydrogen) atoms. The van der Waals surface area contributed by atoms with Crippen molar-refractivity contribution in [2.75, 3.05) is 31.6 Å². The van der Waals surface area contributed by atoms with Crippen molar-refractivity contribution in [3.63, 3.8) is 0 Å². The van der Waals surface area contributed by atoms with Crippen molar-refractivity contribution in [3.8, 4) is 5.75 Å². The van der Waals surface area contributed by atoms with Crippen LogP contribution in [0.2, 0.25) is 0 Å². The molecular weight excluding hydrogens is 247 g/mol. The summed E-state index contributed by atoms with van der Waals surface area (Å²) in [5.74, 6) is 0.0241. The fourth-order valence-electron chi connectivity index (χ4n) is 1.70. The Morgan fingerprint density at radius 2 is 2.35 bits per heavy atom. The van der Waals surface area contributed by atoms with Crippen molar-refractivity contribution < 1.29 is 13.9 Å². The molecule has 1 aromatic rings. The maximum absolute atomic E-state index is 13.0. The van der Waals surface area contributed by atoms with E-state index in [4.69, 9.17) is 4.74 Å². The lowest BCUT2D eigenvalue weighted by molar-refractivity contribution is -0.118. The third-order valence-corrected chi connectivity index (χ3v) is 2.41. The summed E-state index contributed by atoms with van der Waals surface area (Å²) in [5, 5.41) is 2.80. The zero-order valence-corrected chi connectivity index (χ0v) is 10.2. The van der Waals surface area contributed by atoms with Crippen molar-refractivity contribution in [3.05, 3.63) is 24.0 Å². The Morgan fingerprint density at radius 3 is 3.06 bits per heavy atom. The van der Waals surface area contributed by atoms with Crippen molar-refractivity contribution in [2.24, 2.45) is 0 Å². The largest absolute Gasteiger partial charge is 0.489 e. The molecule has 0 fully saturated rings. The van der Waals surface area contributed by atoms with Crippen LogP contribution in [0, 0.1) is 5.82 Å². The van der Waals surface area contributed by atoms with Crippen molar-refractivity contribution in [1.82, 2.24) is 5.32 Å². The van der Waals surface area contributed by atoms with Crippen LogP contribution in [0.4, 0.5) is 10.1 Å². The van der Waals surface area contributed by atoms with E-state index in [1.54, 1.807) is 18.0 Å². The van der Waals surface area contributed by atoms with Crippen LogP contribution in [0.5, 0.6) is 5.75 Å². The standard InChI is InChI=1S/C11H13FN2O2.ClH/c1-13-7-11(15)14-4-5-16-10-6-8(12)2-3-9(10)14;/h2-3,6,13H,4-5,7H2,1H3;1H. The number of carbonyl (C=O) groups excluding carboxylic acids is 1. The number of hydrogen-bond donors (Lipinski definition) is 1. The number of carbonyl (C=O) groups is 1. The van der Waals surface area contributed by atoms with Gasteiger partial charge < -0.3 is 15.0 Å². The first kappa shape index (κ1) is 13.7. The molecule has 0 spiro atoms. The number of nitrogens with one attached hydrogen (secondary N) is 1. The lowest BCUT2D eigenvalue weighted by Gasteiger charge is -2.29. The number of hydrogen-bond acceptors (Lipinski definition) is 3. The van der Waals surface area contributed by atoms with Gasteiger partial charge >= 0.3 is 0 Å². The Hall–Kier alpha value is -1.33. The normalized spacial score (nSPS) is 13.4. The second kappa shape index (κ2) is 5.84. The molecule has 0 radical (unpaired) electrons. The first-order valence-electron chi connectivity index (χ1n) is 5.09. The summed E-state index contributed by atoms with van der Waals surface area (Å²) in [6.07, 6.45) is 0. The van der Waals surface area contributed by atoms with Gasteiger partial charge in [-0.25, -0.2) is 4.39 Å². The average Bonchev–Trinajstić information content (AvgIpc) is 2.28. The highest BCUT2D eigenvalue weighted by atomic mass is 35.5. The monoisotopic (exact) mass is 260 g/mol. The van der Waals surface area contributed by atoms with Crippen LogP contribution in [-0.2, 0) is 4.79 Å². The molecule has 0 aromatic heterocycles. The van der Waals surface area contributed by atoms with Crippen LogP contribution in [0.15, 0.2) is 18.2 Å². The van der Waals surface area contributed by atoms with Crippen LogP contribution < -0.4 is 15.0 Å². The van der Waals surface area contributed by atoms with Crippen molar-refractivity contribution in [1.29, 1.82) is 0 Å². The quantitative estimate of drug-likeness (QED) is 0.869. The van der Waals surface area contributed by atoms with Crippen molar-refractivity contribution >= 4 is 24.0 Å². The fraction of sp³-hybridized carbons (Fsp3) is 0.364. The second-order valence-electron chi connectivity index (χ2n) is 3.54. The van der Waals surface area contributed by atoms with E-state index in [1.807, 2.05) is 0 Å². The van der Waals surface area contributed by atoms with E-state index in [9.17, 15) is 9.18 Å². The number of halogens is 2. The minimum absolute atomic E-state index is 0. The van der Waals surface area contributed by atoms with E-state index in [0.717, 1.165) is 0 Å². The van der Waals surface area contributed by atoms with Crippen LogP contribution in [-0.4, -0.2) is 32.7 Å². The van der Waals surface area contributed by atoms with E-state index in [1.165, 1.54) is 12.1 Å². The van der Waals surface area contributed by atoms with Crippen LogP contribution in [0.1, 0.15) is 0 Å². The van der Waals surface area contributed by atoms with Gasteiger partial charge in [0.05, 0.1) is 18.8 Å². The van der Waals surface area contributed by atoms with Crippen LogP contribution in [0.3, 0.4) is 0 Å². The van der Waals surface area contributed by atoms with Gasteiger partial charge in [-0.1, -0.05) is 0 Å². The van der Waals surface area contributed by atoms with E-state index in [-0.39, 0.29) is 30.7 Å². The average molecular weight is 261 g/mol. The third kappa shape index (κ3) is 2.87. The maximum Gasteiger partial charge on any atom is 0.241 e. The third-order valence-electron chi connectivity index (χ3n) is 2.41. The summed E-state index contributed by atoms with van der Waals surface area (Å²) in [5.41, 5.74) is 0.632. The van der Waals surface area contributed by atoms with Gasteiger partial charge in [-0.15, -0.1) is 12.4 Å². The van der Waals surface area contributed by atoms with Crippen molar-refractivity contribution in [2.45, 2.75) is 0 Å². The molecule has 1 aliphatic rings. The molecule has 0 saturated carbocycles. The summed E-state index contributed by atoms with van der Waals surface area (Å²) < 4.78 is 18.3. The second-order valence-corrected chi connectivity index (χ2v) is 3.54. The molecule has 6 heteroatoms. The zero-order chi connectivity index (χ0) is 11.5. The molecule has 0 aliphatic carbocycles. The van der Waals surface area contributed by atoms with Crippen LogP contribution in [0.25, 0.3) is 0 Å². The molecule has 1 heterocycles. The molecule has 1 aromatic carbocycles. The summed E-state index contributed by atoms with van der Waals surface area (Å²) in [6, 6.07) is 4.19. The number of rotatable bonds is 2.